The lowest BCUT2D eigenvalue weighted by molar-refractivity contribution is -0.132. The average Bonchev–Trinajstić information content (AvgIpc) is 2.63. The predicted octanol–water partition coefficient (Wildman–Crippen LogP) is 0.865. The predicted molar refractivity (Wildman–Crippen MR) is 66.5 cm³/mol. The quantitative estimate of drug-likeness (QED) is 0.642. The van der Waals surface area contributed by atoms with Gasteiger partial charge in [0.25, 0.3) is 11.7 Å². The van der Waals surface area contributed by atoms with Crippen molar-refractivity contribution in [2.75, 3.05) is 18.6 Å². The number of anilines is 1. The molecular weight excluding hydrogens is 250 g/mol. The van der Waals surface area contributed by atoms with E-state index in [1.165, 1.54) is 13.2 Å². The summed E-state index contributed by atoms with van der Waals surface area (Å²) in [7, 11) is 1.45. The number of hydrogen-bond donors (Lipinski definition) is 1. The SMILES string of the molecule is C=C(CN1C(=O)C(=O)c2cc(OC)ccc21)C(=O)O. The van der Waals surface area contributed by atoms with Gasteiger partial charge in [0.05, 0.1) is 24.9 Å². The van der Waals surface area contributed by atoms with Gasteiger partial charge in [0.1, 0.15) is 5.75 Å². The molecule has 1 aliphatic heterocycles. The second-order valence-electron chi connectivity index (χ2n) is 4.01. The standard InChI is InChI=1S/C13H11NO5/c1-7(13(17)18)6-14-10-4-3-8(19-2)5-9(10)11(15)12(14)16/h3-5H,1,6H2,2H3,(H,17,18). The van der Waals surface area contributed by atoms with Crippen LogP contribution in [0.1, 0.15) is 10.4 Å². The van der Waals surface area contributed by atoms with Gasteiger partial charge in [-0.15, -0.1) is 0 Å². The highest BCUT2D eigenvalue weighted by atomic mass is 16.5. The van der Waals surface area contributed by atoms with Crippen LogP contribution >= 0.6 is 0 Å². The van der Waals surface area contributed by atoms with E-state index in [4.69, 9.17) is 9.84 Å². The molecule has 1 aromatic rings. The number of ether oxygens (including phenoxy) is 1. The normalized spacial score (nSPS) is 13.4. The first kappa shape index (κ1) is 12.8. The van der Waals surface area contributed by atoms with Gasteiger partial charge in [-0.25, -0.2) is 4.79 Å². The number of methoxy groups -OCH3 is 1. The van der Waals surface area contributed by atoms with E-state index in [1.54, 1.807) is 12.1 Å². The number of aliphatic carboxylic acids is 1. The minimum Gasteiger partial charge on any atom is -0.497 e. The first-order valence-electron chi connectivity index (χ1n) is 5.41. The molecule has 2 rings (SSSR count). The summed E-state index contributed by atoms with van der Waals surface area (Å²) in [6, 6.07) is 4.60. The van der Waals surface area contributed by atoms with Crippen LogP contribution in [0.4, 0.5) is 5.69 Å². The second-order valence-corrected chi connectivity index (χ2v) is 4.01. The minimum absolute atomic E-state index is 0.162. The molecule has 1 aromatic carbocycles. The number of benzene rings is 1. The number of carbonyl (C=O) groups excluding carboxylic acids is 2. The third-order valence-corrected chi connectivity index (χ3v) is 2.83. The van der Waals surface area contributed by atoms with E-state index >= 15 is 0 Å². The Morgan fingerprint density at radius 2 is 2.11 bits per heavy atom. The molecule has 0 fully saturated rings. The maximum Gasteiger partial charge on any atom is 0.332 e. The molecule has 0 saturated carbocycles. The Morgan fingerprint density at radius 1 is 1.42 bits per heavy atom. The fourth-order valence-electron chi connectivity index (χ4n) is 1.82. The molecule has 1 amide bonds. The average molecular weight is 261 g/mol. The van der Waals surface area contributed by atoms with Gasteiger partial charge in [-0.3, -0.25) is 9.59 Å². The lowest BCUT2D eigenvalue weighted by Crippen LogP contribution is -2.32. The van der Waals surface area contributed by atoms with Crippen molar-refractivity contribution in [3.63, 3.8) is 0 Å². The molecule has 6 nitrogen and oxygen atoms in total. The van der Waals surface area contributed by atoms with Crippen molar-refractivity contribution in [3.8, 4) is 5.75 Å². The Morgan fingerprint density at radius 3 is 2.68 bits per heavy atom. The molecule has 6 heteroatoms. The molecule has 0 radical (unpaired) electrons. The lowest BCUT2D eigenvalue weighted by atomic mass is 10.1. The van der Waals surface area contributed by atoms with Crippen LogP contribution in [0.25, 0.3) is 0 Å². The molecule has 1 heterocycles. The van der Waals surface area contributed by atoms with Crippen LogP contribution in [0.2, 0.25) is 0 Å². The van der Waals surface area contributed by atoms with Crippen LogP contribution in [0.5, 0.6) is 5.75 Å². The molecule has 0 atom stereocenters. The van der Waals surface area contributed by atoms with E-state index < -0.39 is 17.7 Å². The van der Waals surface area contributed by atoms with Crippen molar-refractivity contribution < 1.29 is 24.2 Å². The summed E-state index contributed by atoms with van der Waals surface area (Å²) in [5, 5.41) is 8.78. The number of rotatable bonds is 4. The maximum atomic E-state index is 11.8. The van der Waals surface area contributed by atoms with Crippen molar-refractivity contribution in [3.05, 3.63) is 35.9 Å². The number of carboxylic acids is 1. The summed E-state index contributed by atoms with van der Waals surface area (Å²) in [6.45, 7) is 3.13. The fourth-order valence-corrected chi connectivity index (χ4v) is 1.82. The van der Waals surface area contributed by atoms with Gasteiger partial charge in [0.2, 0.25) is 0 Å². The molecule has 1 N–H and O–H groups in total. The largest absolute Gasteiger partial charge is 0.497 e. The Labute approximate surface area is 108 Å². The zero-order chi connectivity index (χ0) is 14.2. The number of amides is 1. The Balaban J connectivity index is 2.39. The van der Waals surface area contributed by atoms with E-state index in [0.29, 0.717) is 11.4 Å². The Hall–Kier alpha value is -2.63. The molecular formula is C13H11NO5. The monoisotopic (exact) mass is 261 g/mol. The highest BCUT2D eigenvalue weighted by Gasteiger charge is 2.36. The Kier molecular flexibility index (Phi) is 3.08. The van der Waals surface area contributed by atoms with Crippen LogP contribution in [0.15, 0.2) is 30.4 Å². The van der Waals surface area contributed by atoms with Gasteiger partial charge in [0.15, 0.2) is 0 Å². The molecule has 0 unspecified atom stereocenters. The number of carbonyl (C=O) groups is 3. The Bertz CT molecular complexity index is 605. The summed E-state index contributed by atoms with van der Waals surface area (Å²) in [5.74, 6) is -2.18. The van der Waals surface area contributed by atoms with E-state index in [-0.39, 0.29) is 17.7 Å². The van der Waals surface area contributed by atoms with Crippen molar-refractivity contribution in [2.45, 2.75) is 0 Å². The van der Waals surface area contributed by atoms with Gasteiger partial charge < -0.3 is 14.7 Å². The summed E-state index contributed by atoms with van der Waals surface area (Å²) in [6.07, 6.45) is 0. The van der Waals surface area contributed by atoms with Crippen LogP contribution in [0.3, 0.4) is 0 Å². The van der Waals surface area contributed by atoms with Gasteiger partial charge in [0, 0.05) is 5.57 Å². The first-order valence-corrected chi connectivity index (χ1v) is 5.41. The molecule has 0 saturated heterocycles. The number of ketones is 1. The number of nitrogens with zero attached hydrogens (tertiary/aromatic N) is 1. The zero-order valence-electron chi connectivity index (χ0n) is 10.2. The zero-order valence-corrected chi connectivity index (χ0v) is 10.2. The third-order valence-electron chi connectivity index (χ3n) is 2.83. The lowest BCUT2D eigenvalue weighted by Gasteiger charge is -2.16. The van der Waals surface area contributed by atoms with E-state index in [2.05, 4.69) is 6.58 Å². The molecule has 1 aliphatic rings. The summed E-state index contributed by atoms with van der Waals surface area (Å²) < 4.78 is 4.98. The molecule has 0 bridgehead atoms. The second kappa shape index (κ2) is 4.56. The van der Waals surface area contributed by atoms with Crippen LogP contribution in [-0.2, 0) is 9.59 Å². The molecule has 19 heavy (non-hydrogen) atoms. The molecule has 0 aliphatic carbocycles. The topological polar surface area (TPSA) is 83.9 Å². The van der Waals surface area contributed by atoms with E-state index in [0.717, 1.165) is 4.90 Å². The molecule has 0 aromatic heterocycles. The van der Waals surface area contributed by atoms with Crippen LogP contribution < -0.4 is 9.64 Å². The maximum absolute atomic E-state index is 11.8. The number of hydrogen-bond acceptors (Lipinski definition) is 4. The first-order chi connectivity index (χ1) is 8.95. The smallest absolute Gasteiger partial charge is 0.332 e. The minimum atomic E-state index is -1.21. The fraction of sp³-hybridized carbons (Fsp3) is 0.154. The number of Topliss-reactive ketones (excluding diaryl/α,β-unsaturated/α-hetero) is 1. The summed E-state index contributed by atoms with van der Waals surface area (Å²) in [5.41, 5.74) is 0.422. The van der Waals surface area contributed by atoms with Crippen molar-refractivity contribution >= 4 is 23.3 Å². The van der Waals surface area contributed by atoms with Gasteiger partial charge in [-0.2, -0.15) is 0 Å². The number of fused-ring (bicyclic) bond motifs is 1. The van der Waals surface area contributed by atoms with Crippen LogP contribution in [-0.4, -0.2) is 36.4 Å². The number of carboxylic acid groups (broad SMARTS) is 1. The highest BCUT2D eigenvalue weighted by Crippen LogP contribution is 2.32. The molecule has 98 valence electrons. The van der Waals surface area contributed by atoms with Crippen molar-refractivity contribution in [1.82, 2.24) is 0 Å². The van der Waals surface area contributed by atoms with Gasteiger partial charge in [-0.1, -0.05) is 6.58 Å². The van der Waals surface area contributed by atoms with E-state index in [9.17, 15) is 14.4 Å². The van der Waals surface area contributed by atoms with Gasteiger partial charge in [-0.05, 0) is 18.2 Å². The summed E-state index contributed by atoms with van der Waals surface area (Å²) in [4.78, 5) is 35.5. The molecule has 0 spiro atoms. The van der Waals surface area contributed by atoms with Crippen molar-refractivity contribution in [1.29, 1.82) is 0 Å². The van der Waals surface area contributed by atoms with Gasteiger partial charge >= 0.3 is 5.97 Å². The van der Waals surface area contributed by atoms with E-state index in [1.807, 2.05) is 0 Å². The third kappa shape index (κ3) is 2.08. The van der Waals surface area contributed by atoms with Crippen LogP contribution in [0, 0.1) is 0 Å². The summed E-state index contributed by atoms with van der Waals surface area (Å²) >= 11 is 0. The highest BCUT2D eigenvalue weighted by molar-refractivity contribution is 6.52. The van der Waals surface area contributed by atoms with Crippen molar-refractivity contribution in [2.24, 2.45) is 0 Å².